The first-order valence-electron chi connectivity index (χ1n) is 7.00. The molecule has 2 rings (SSSR count). The minimum absolute atomic E-state index is 0.0780. The summed E-state index contributed by atoms with van der Waals surface area (Å²) in [5, 5.41) is 1.13. The average molecular weight is 270 g/mol. The van der Waals surface area contributed by atoms with Crippen molar-refractivity contribution in [1.29, 1.82) is 0 Å². The Morgan fingerprint density at radius 2 is 2.15 bits per heavy atom. The number of nitrogens with one attached hydrogen (secondary N) is 1. The molecule has 0 fully saturated rings. The van der Waals surface area contributed by atoms with Crippen molar-refractivity contribution in [3.05, 3.63) is 47.7 Å². The molecule has 0 bridgehead atoms. The van der Waals surface area contributed by atoms with Gasteiger partial charge in [-0.2, -0.15) is 0 Å². The van der Waals surface area contributed by atoms with Crippen LogP contribution >= 0.6 is 0 Å². The van der Waals surface area contributed by atoms with Gasteiger partial charge in [-0.15, -0.1) is 6.58 Å². The van der Waals surface area contributed by atoms with Crippen LogP contribution in [0.3, 0.4) is 0 Å². The van der Waals surface area contributed by atoms with E-state index in [4.69, 9.17) is 0 Å². The van der Waals surface area contributed by atoms with E-state index < -0.39 is 0 Å². The molecule has 0 saturated carbocycles. The third kappa shape index (κ3) is 2.77. The molecule has 0 radical (unpaired) electrons. The third-order valence-electron chi connectivity index (χ3n) is 3.80. The van der Waals surface area contributed by atoms with Crippen molar-refractivity contribution in [3.63, 3.8) is 0 Å². The Bertz CT molecular complexity index is 640. The second-order valence-corrected chi connectivity index (χ2v) is 5.29. The van der Waals surface area contributed by atoms with Crippen molar-refractivity contribution >= 4 is 16.8 Å². The summed E-state index contributed by atoms with van der Waals surface area (Å²) >= 11 is 0. The first kappa shape index (κ1) is 14.4. The molecule has 0 aliphatic rings. The fourth-order valence-electron chi connectivity index (χ4n) is 2.39. The van der Waals surface area contributed by atoms with Crippen LogP contribution in [0.25, 0.3) is 10.9 Å². The monoisotopic (exact) mass is 270 g/mol. The molecule has 0 aliphatic carbocycles. The zero-order valence-electron chi connectivity index (χ0n) is 12.5. The van der Waals surface area contributed by atoms with Gasteiger partial charge in [0.05, 0.1) is 0 Å². The van der Waals surface area contributed by atoms with Gasteiger partial charge in [-0.05, 0) is 50.5 Å². The van der Waals surface area contributed by atoms with Crippen LogP contribution in [0.1, 0.15) is 34.5 Å². The maximum atomic E-state index is 12.4. The third-order valence-corrected chi connectivity index (χ3v) is 3.80. The van der Waals surface area contributed by atoms with Gasteiger partial charge in [0.2, 0.25) is 0 Å². The fraction of sp³-hybridized carbons (Fsp3) is 0.353. The van der Waals surface area contributed by atoms with Crippen molar-refractivity contribution < 1.29 is 4.79 Å². The summed E-state index contributed by atoms with van der Waals surface area (Å²) in [5.74, 6) is 0.0780. The number of hydrogen-bond acceptors (Lipinski definition) is 1. The summed E-state index contributed by atoms with van der Waals surface area (Å²) < 4.78 is 0. The van der Waals surface area contributed by atoms with Gasteiger partial charge in [-0.25, -0.2) is 0 Å². The summed E-state index contributed by atoms with van der Waals surface area (Å²) in [6, 6.07) is 5.87. The number of nitrogens with zero attached hydrogens (tertiary/aromatic N) is 1. The minimum atomic E-state index is 0.0780. The fourth-order valence-corrected chi connectivity index (χ4v) is 2.39. The number of aromatic amines is 1. The van der Waals surface area contributed by atoms with Crippen molar-refractivity contribution in [2.45, 2.75) is 26.7 Å². The van der Waals surface area contributed by atoms with E-state index in [1.165, 1.54) is 5.56 Å². The molecule has 0 atom stereocenters. The molecule has 3 heteroatoms. The number of H-pyrrole nitrogens is 1. The predicted octanol–water partition coefficient (Wildman–Crippen LogP) is 3.82. The molecular formula is C17H22N2O. The van der Waals surface area contributed by atoms with E-state index in [2.05, 4.69) is 25.4 Å². The molecule has 1 aromatic heterocycles. The zero-order chi connectivity index (χ0) is 14.7. The molecule has 3 nitrogen and oxygen atoms in total. The Labute approximate surface area is 120 Å². The second kappa shape index (κ2) is 5.95. The van der Waals surface area contributed by atoms with Crippen molar-refractivity contribution in [2.75, 3.05) is 13.6 Å². The summed E-state index contributed by atoms with van der Waals surface area (Å²) in [6.07, 6.45) is 3.78. The highest BCUT2D eigenvalue weighted by Gasteiger charge is 2.13. The predicted molar refractivity (Wildman–Crippen MR) is 84.2 cm³/mol. The van der Waals surface area contributed by atoms with Crippen LogP contribution in [0.5, 0.6) is 0 Å². The topological polar surface area (TPSA) is 36.1 Å². The smallest absolute Gasteiger partial charge is 0.253 e. The van der Waals surface area contributed by atoms with E-state index in [0.717, 1.165) is 41.5 Å². The highest BCUT2D eigenvalue weighted by atomic mass is 16.2. The molecule has 0 unspecified atom stereocenters. The first-order valence-corrected chi connectivity index (χ1v) is 7.00. The second-order valence-electron chi connectivity index (χ2n) is 5.29. The number of allylic oxidation sites excluding steroid dienone is 1. The number of aromatic nitrogens is 1. The molecular weight excluding hydrogens is 248 g/mol. The van der Waals surface area contributed by atoms with E-state index in [-0.39, 0.29) is 5.91 Å². The SMILES string of the molecule is C=CCCCN(C)C(=O)c1ccc2[nH]c(C)c(C)c2c1. The lowest BCUT2D eigenvalue weighted by atomic mass is 10.1. The lowest BCUT2D eigenvalue weighted by molar-refractivity contribution is 0.0794. The van der Waals surface area contributed by atoms with Crippen LogP contribution < -0.4 is 0 Å². The molecule has 1 heterocycles. The maximum absolute atomic E-state index is 12.4. The average Bonchev–Trinajstić information content (AvgIpc) is 2.73. The molecule has 0 saturated heterocycles. The Morgan fingerprint density at radius 3 is 2.85 bits per heavy atom. The van der Waals surface area contributed by atoms with Gasteiger partial charge in [0.25, 0.3) is 5.91 Å². The first-order chi connectivity index (χ1) is 9.54. The van der Waals surface area contributed by atoms with E-state index in [9.17, 15) is 4.79 Å². The van der Waals surface area contributed by atoms with Gasteiger partial charge in [-0.3, -0.25) is 4.79 Å². The van der Waals surface area contributed by atoms with E-state index in [0.29, 0.717) is 0 Å². The van der Waals surface area contributed by atoms with E-state index >= 15 is 0 Å². The van der Waals surface area contributed by atoms with Crippen molar-refractivity contribution in [2.24, 2.45) is 0 Å². The summed E-state index contributed by atoms with van der Waals surface area (Å²) in [4.78, 5) is 17.5. The highest BCUT2D eigenvalue weighted by Crippen LogP contribution is 2.22. The number of fused-ring (bicyclic) bond motifs is 1. The molecule has 1 aromatic carbocycles. The molecule has 1 N–H and O–H groups in total. The number of carbonyl (C=O) groups excluding carboxylic acids is 1. The summed E-state index contributed by atoms with van der Waals surface area (Å²) in [7, 11) is 1.85. The quantitative estimate of drug-likeness (QED) is 0.650. The van der Waals surface area contributed by atoms with E-state index in [1.54, 1.807) is 4.90 Å². The van der Waals surface area contributed by atoms with Gasteiger partial charge in [0.15, 0.2) is 0 Å². The number of unbranched alkanes of at least 4 members (excludes halogenated alkanes) is 1. The highest BCUT2D eigenvalue weighted by molar-refractivity contribution is 5.98. The number of amides is 1. The van der Waals surface area contributed by atoms with Crippen LogP contribution in [-0.2, 0) is 0 Å². The lowest BCUT2D eigenvalue weighted by Crippen LogP contribution is -2.27. The molecule has 0 spiro atoms. The van der Waals surface area contributed by atoms with Gasteiger partial charge >= 0.3 is 0 Å². The maximum Gasteiger partial charge on any atom is 0.253 e. The Balaban J connectivity index is 2.21. The summed E-state index contributed by atoms with van der Waals surface area (Å²) in [5.41, 5.74) is 4.21. The normalized spacial score (nSPS) is 10.8. The molecule has 106 valence electrons. The number of benzene rings is 1. The van der Waals surface area contributed by atoms with Crippen LogP contribution in [0.2, 0.25) is 0 Å². The van der Waals surface area contributed by atoms with Crippen molar-refractivity contribution in [3.8, 4) is 0 Å². The Hall–Kier alpha value is -2.03. The van der Waals surface area contributed by atoms with Gasteiger partial charge < -0.3 is 9.88 Å². The molecule has 0 aliphatic heterocycles. The zero-order valence-corrected chi connectivity index (χ0v) is 12.5. The number of carbonyl (C=O) groups is 1. The Kier molecular flexibility index (Phi) is 4.28. The Morgan fingerprint density at radius 1 is 1.40 bits per heavy atom. The molecule has 2 aromatic rings. The van der Waals surface area contributed by atoms with Crippen LogP contribution in [-0.4, -0.2) is 29.4 Å². The van der Waals surface area contributed by atoms with Gasteiger partial charge in [0.1, 0.15) is 0 Å². The van der Waals surface area contributed by atoms with Crippen LogP contribution in [0.15, 0.2) is 30.9 Å². The van der Waals surface area contributed by atoms with Crippen LogP contribution in [0, 0.1) is 13.8 Å². The molecule has 20 heavy (non-hydrogen) atoms. The number of rotatable bonds is 5. The van der Waals surface area contributed by atoms with Crippen molar-refractivity contribution in [1.82, 2.24) is 9.88 Å². The number of hydrogen-bond donors (Lipinski definition) is 1. The number of aryl methyl sites for hydroxylation is 2. The van der Waals surface area contributed by atoms with Gasteiger partial charge in [-0.1, -0.05) is 6.08 Å². The molecule has 1 amide bonds. The van der Waals surface area contributed by atoms with E-state index in [1.807, 2.05) is 31.3 Å². The minimum Gasteiger partial charge on any atom is -0.358 e. The van der Waals surface area contributed by atoms with Crippen LogP contribution in [0.4, 0.5) is 0 Å². The summed E-state index contributed by atoms with van der Waals surface area (Å²) in [6.45, 7) is 8.59. The largest absolute Gasteiger partial charge is 0.358 e. The standard InChI is InChI=1S/C17H22N2O/c1-5-6-7-10-19(4)17(20)14-8-9-16-15(11-14)12(2)13(3)18-16/h5,8-9,11,18H,1,6-7,10H2,2-4H3. The lowest BCUT2D eigenvalue weighted by Gasteiger charge is -2.16. The van der Waals surface area contributed by atoms with Gasteiger partial charge in [0, 0.05) is 35.8 Å².